The van der Waals surface area contributed by atoms with Gasteiger partial charge in [-0.25, -0.2) is 4.98 Å². The van der Waals surface area contributed by atoms with Gasteiger partial charge in [0.25, 0.3) is 0 Å². The average molecular weight is 242 g/mol. The first-order valence-electron chi connectivity index (χ1n) is 4.40. The van der Waals surface area contributed by atoms with Crippen molar-refractivity contribution in [2.75, 3.05) is 17.6 Å². The topological polar surface area (TPSA) is 50.9 Å². The van der Waals surface area contributed by atoms with Gasteiger partial charge in [-0.15, -0.1) is 0 Å². The van der Waals surface area contributed by atoms with E-state index in [0.717, 1.165) is 22.6 Å². The highest BCUT2D eigenvalue weighted by molar-refractivity contribution is 9.10. The summed E-state index contributed by atoms with van der Waals surface area (Å²) >= 11 is 3.36. The SMILES string of the molecule is Nc1ncc(Br)cc1NCC1CC1. The van der Waals surface area contributed by atoms with Crippen molar-refractivity contribution < 1.29 is 0 Å². The first kappa shape index (κ1) is 8.81. The summed E-state index contributed by atoms with van der Waals surface area (Å²) < 4.78 is 0.958. The number of nitrogen functional groups attached to an aromatic ring is 1. The number of rotatable bonds is 3. The van der Waals surface area contributed by atoms with Gasteiger partial charge in [0.15, 0.2) is 0 Å². The molecule has 1 aromatic heterocycles. The third-order valence-corrected chi connectivity index (χ3v) is 2.60. The van der Waals surface area contributed by atoms with Gasteiger partial charge in [0.2, 0.25) is 0 Å². The van der Waals surface area contributed by atoms with Crippen LogP contribution in [0.4, 0.5) is 11.5 Å². The van der Waals surface area contributed by atoms with E-state index in [4.69, 9.17) is 5.73 Å². The number of hydrogen-bond donors (Lipinski definition) is 2. The van der Waals surface area contributed by atoms with Gasteiger partial charge in [0.1, 0.15) is 5.82 Å². The van der Waals surface area contributed by atoms with Crippen LogP contribution in [0.2, 0.25) is 0 Å². The number of nitrogens with one attached hydrogen (secondary N) is 1. The third kappa shape index (κ3) is 2.34. The van der Waals surface area contributed by atoms with Crippen LogP contribution in [0.1, 0.15) is 12.8 Å². The van der Waals surface area contributed by atoms with Crippen molar-refractivity contribution in [2.24, 2.45) is 5.92 Å². The maximum atomic E-state index is 5.70. The standard InChI is InChI=1S/C9H12BrN3/c10-7-3-8(9(11)13-5-7)12-4-6-1-2-6/h3,5-6,12H,1-2,4H2,(H2,11,13). The molecule has 0 saturated heterocycles. The molecule has 0 atom stereocenters. The summed E-state index contributed by atoms with van der Waals surface area (Å²) in [6.45, 7) is 1.02. The van der Waals surface area contributed by atoms with Crippen LogP contribution in [0.25, 0.3) is 0 Å². The van der Waals surface area contributed by atoms with E-state index in [-0.39, 0.29) is 0 Å². The molecule has 0 amide bonds. The molecule has 1 aliphatic carbocycles. The Hall–Kier alpha value is -0.770. The summed E-state index contributed by atoms with van der Waals surface area (Å²) in [5.41, 5.74) is 6.63. The average Bonchev–Trinajstić information content (AvgIpc) is 2.90. The van der Waals surface area contributed by atoms with Gasteiger partial charge in [0, 0.05) is 17.2 Å². The van der Waals surface area contributed by atoms with E-state index in [0.29, 0.717) is 5.82 Å². The normalized spacial score (nSPS) is 15.8. The minimum atomic E-state index is 0.573. The predicted molar refractivity (Wildman–Crippen MR) is 57.6 cm³/mol. The van der Waals surface area contributed by atoms with Gasteiger partial charge in [0.05, 0.1) is 5.69 Å². The van der Waals surface area contributed by atoms with Crippen LogP contribution in [-0.2, 0) is 0 Å². The van der Waals surface area contributed by atoms with Crippen molar-refractivity contribution >= 4 is 27.4 Å². The molecule has 1 saturated carbocycles. The highest BCUT2D eigenvalue weighted by Gasteiger charge is 2.20. The largest absolute Gasteiger partial charge is 0.382 e. The molecule has 13 heavy (non-hydrogen) atoms. The lowest BCUT2D eigenvalue weighted by Crippen LogP contribution is -2.06. The van der Waals surface area contributed by atoms with E-state index in [2.05, 4.69) is 26.2 Å². The highest BCUT2D eigenvalue weighted by atomic mass is 79.9. The van der Waals surface area contributed by atoms with Crippen molar-refractivity contribution in [3.05, 3.63) is 16.7 Å². The summed E-state index contributed by atoms with van der Waals surface area (Å²) in [5.74, 6) is 1.42. The Bertz CT molecular complexity index is 310. The molecular formula is C9H12BrN3. The Morgan fingerprint density at radius 2 is 2.38 bits per heavy atom. The maximum Gasteiger partial charge on any atom is 0.146 e. The molecule has 0 spiro atoms. The molecule has 1 aromatic rings. The molecule has 2 rings (SSSR count). The van der Waals surface area contributed by atoms with Crippen molar-refractivity contribution in [2.45, 2.75) is 12.8 Å². The number of anilines is 2. The molecule has 1 fully saturated rings. The van der Waals surface area contributed by atoms with Crippen LogP contribution in [0.5, 0.6) is 0 Å². The number of pyridine rings is 1. The second-order valence-electron chi connectivity index (χ2n) is 3.41. The lowest BCUT2D eigenvalue weighted by molar-refractivity contribution is 0.888. The second kappa shape index (κ2) is 3.54. The van der Waals surface area contributed by atoms with Crippen LogP contribution < -0.4 is 11.1 Å². The fourth-order valence-electron chi connectivity index (χ4n) is 1.17. The number of halogens is 1. The van der Waals surface area contributed by atoms with Gasteiger partial charge in [-0.2, -0.15) is 0 Å². The van der Waals surface area contributed by atoms with Crippen molar-refractivity contribution in [3.8, 4) is 0 Å². The molecule has 3 N–H and O–H groups in total. The number of nitrogens with zero attached hydrogens (tertiary/aromatic N) is 1. The Balaban J connectivity index is 2.03. The van der Waals surface area contributed by atoms with E-state index in [1.165, 1.54) is 12.8 Å². The minimum absolute atomic E-state index is 0.573. The van der Waals surface area contributed by atoms with E-state index in [1.807, 2.05) is 6.07 Å². The molecule has 0 aromatic carbocycles. The van der Waals surface area contributed by atoms with E-state index < -0.39 is 0 Å². The summed E-state index contributed by atoms with van der Waals surface area (Å²) in [6.07, 6.45) is 4.39. The first-order chi connectivity index (χ1) is 6.25. The van der Waals surface area contributed by atoms with Gasteiger partial charge in [-0.3, -0.25) is 0 Å². The molecule has 3 nitrogen and oxygen atoms in total. The van der Waals surface area contributed by atoms with Gasteiger partial charge >= 0.3 is 0 Å². The molecule has 0 bridgehead atoms. The monoisotopic (exact) mass is 241 g/mol. The highest BCUT2D eigenvalue weighted by Crippen LogP contribution is 2.30. The third-order valence-electron chi connectivity index (χ3n) is 2.16. The Labute approximate surface area is 85.9 Å². The van der Waals surface area contributed by atoms with Crippen molar-refractivity contribution in [1.29, 1.82) is 0 Å². The summed E-state index contributed by atoms with van der Waals surface area (Å²) in [6, 6.07) is 1.96. The molecule has 70 valence electrons. The predicted octanol–water partition coefficient (Wildman–Crippen LogP) is 2.25. The number of nitrogens with two attached hydrogens (primary N) is 1. The van der Waals surface area contributed by atoms with Crippen LogP contribution in [0.15, 0.2) is 16.7 Å². The summed E-state index contributed by atoms with van der Waals surface area (Å²) in [7, 11) is 0. The maximum absolute atomic E-state index is 5.70. The van der Waals surface area contributed by atoms with E-state index in [1.54, 1.807) is 6.20 Å². The Kier molecular flexibility index (Phi) is 2.40. The lowest BCUT2D eigenvalue weighted by atomic mass is 10.3. The van der Waals surface area contributed by atoms with Crippen LogP contribution in [-0.4, -0.2) is 11.5 Å². The van der Waals surface area contributed by atoms with Crippen LogP contribution >= 0.6 is 15.9 Å². The zero-order chi connectivity index (χ0) is 9.26. The Morgan fingerprint density at radius 1 is 1.62 bits per heavy atom. The molecular weight excluding hydrogens is 230 g/mol. The minimum Gasteiger partial charge on any atom is -0.382 e. The molecule has 1 heterocycles. The smallest absolute Gasteiger partial charge is 0.146 e. The molecule has 1 aliphatic rings. The van der Waals surface area contributed by atoms with Gasteiger partial charge in [-0.05, 0) is 40.8 Å². The molecule has 0 unspecified atom stereocenters. The fraction of sp³-hybridized carbons (Fsp3) is 0.444. The summed E-state index contributed by atoms with van der Waals surface area (Å²) in [4.78, 5) is 4.05. The number of aromatic nitrogens is 1. The van der Waals surface area contributed by atoms with Crippen molar-refractivity contribution in [1.82, 2.24) is 4.98 Å². The van der Waals surface area contributed by atoms with Gasteiger partial charge in [-0.1, -0.05) is 0 Å². The molecule has 0 radical (unpaired) electrons. The molecule has 4 heteroatoms. The van der Waals surface area contributed by atoms with E-state index in [9.17, 15) is 0 Å². The second-order valence-corrected chi connectivity index (χ2v) is 4.33. The lowest BCUT2D eigenvalue weighted by Gasteiger charge is -2.07. The number of hydrogen-bond acceptors (Lipinski definition) is 3. The molecule has 0 aliphatic heterocycles. The quantitative estimate of drug-likeness (QED) is 0.854. The van der Waals surface area contributed by atoms with Crippen LogP contribution in [0, 0.1) is 5.92 Å². The zero-order valence-electron chi connectivity index (χ0n) is 7.26. The van der Waals surface area contributed by atoms with Crippen LogP contribution in [0.3, 0.4) is 0 Å². The van der Waals surface area contributed by atoms with Crippen molar-refractivity contribution in [3.63, 3.8) is 0 Å². The summed E-state index contributed by atoms with van der Waals surface area (Å²) in [5, 5.41) is 3.30. The first-order valence-corrected chi connectivity index (χ1v) is 5.20. The zero-order valence-corrected chi connectivity index (χ0v) is 8.84. The van der Waals surface area contributed by atoms with E-state index >= 15 is 0 Å². The Morgan fingerprint density at radius 3 is 3.08 bits per heavy atom. The fourth-order valence-corrected chi connectivity index (χ4v) is 1.50. The van der Waals surface area contributed by atoms with Gasteiger partial charge < -0.3 is 11.1 Å².